The fraction of sp³-hybridized carbons (Fsp3) is 0.333. The molecule has 1 aliphatic heterocycles. The van der Waals surface area contributed by atoms with Crippen LogP contribution in [0.3, 0.4) is 0 Å². The van der Waals surface area contributed by atoms with Gasteiger partial charge in [0.1, 0.15) is 11.7 Å². The first-order valence-corrected chi connectivity index (χ1v) is 8.61. The van der Waals surface area contributed by atoms with Gasteiger partial charge in [0, 0.05) is 11.1 Å². The summed E-state index contributed by atoms with van der Waals surface area (Å²) in [5.41, 5.74) is 0.688. The maximum Gasteiger partial charge on any atom is 0.326 e. The van der Waals surface area contributed by atoms with Gasteiger partial charge in [-0.2, -0.15) is 9.97 Å². The van der Waals surface area contributed by atoms with Gasteiger partial charge < -0.3 is 19.5 Å². The molecule has 2 heterocycles. The van der Waals surface area contributed by atoms with Crippen LogP contribution in [0.1, 0.15) is 34.9 Å². The normalized spacial score (nSPS) is 19.0. The van der Waals surface area contributed by atoms with Crippen LogP contribution in [0.4, 0.5) is 0 Å². The van der Waals surface area contributed by atoms with Crippen molar-refractivity contribution in [3.8, 4) is 11.9 Å². The molecular formula is C18H18ClN3O5. The van der Waals surface area contributed by atoms with Crippen molar-refractivity contribution in [2.45, 2.75) is 24.9 Å². The number of aliphatic carboxylic acids is 1. The smallest absolute Gasteiger partial charge is 0.326 e. The van der Waals surface area contributed by atoms with E-state index in [2.05, 4.69) is 9.97 Å². The highest BCUT2D eigenvalue weighted by atomic mass is 35.5. The Balaban J connectivity index is 2.05. The van der Waals surface area contributed by atoms with Gasteiger partial charge in [0.15, 0.2) is 0 Å². The number of rotatable bonds is 5. The first kappa shape index (κ1) is 18.9. The minimum atomic E-state index is -1.08. The molecule has 8 nitrogen and oxygen atoms in total. The summed E-state index contributed by atoms with van der Waals surface area (Å²) in [7, 11) is 2.77. The predicted molar refractivity (Wildman–Crippen MR) is 96.2 cm³/mol. The van der Waals surface area contributed by atoms with Crippen molar-refractivity contribution in [2.75, 3.05) is 14.2 Å². The van der Waals surface area contributed by atoms with E-state index in [0.29, 0.717) is 23.4 Å². The van der Waals surface area contributed by atoms with Crippen molar-refractivity contribution in [3.05, 3.63) is 46.6 Å². The van der Waals surface area contributed by atoms with E-state index >= 15 is 0 Å². The predicted octanol–water partition coefficient (Wildman–Crippen LogP) is 2.58. The number of likely N-dealkylation sites (tertiary alicyclic amines) is 1. The second-order valence-corrected chi connectivity index (χ2v) is 6.37. The Kier molecular flexibility index (Phi) is 5.46. The molecule has 1 N–H and O–H groups in total. The highest BCUT2D eigenvalue weighted by molar-refractivity contribution is 6.31. The molecule has 1 saturated heterocycles. The molecule has 0 bridgehead atoms. The molecule has 1 aromatic carbocycles. The molecule has 1 amide bonds. The topological polar surface area (TPSA) is 102 Å². The lowest BCUT2D eigenvalue weighted by molar-refractivity contribution is -0.141. The monoisotopic (exact) mass is 391 g/mol. The van der Waals surface area contributed by atoms with E-state index in [1.54, 1.807) is 24.3 Å². The number of hydrogen-bond donors (Lipinski definition) is 1. The van der Waals surface area contributed by atoms with Gasteiger partial charge in [0.25, 0.3) is 5.91 Å². The van der Waals surface area contributed by atoms with E-state index < -0.39 is 24.0 Å². The molecule has 27 heavy (non-hydrogen) atoms. The quantitative estimate of drug-likeness (QED) is 0.835. The van der Waals surface area contributed by atoms with Gasteiger partial charge in [-0.15, -0.1) is 0 Å². The van der Waals surface area contributed by atoms with E-state index in [9.17, 15) is 14.7 Å². The number of hydrogen-bond acceptors (Lipinski definition) is 6. The maximum atomic E-state index is 13.2. The highest BCUT2D eigenvalue weighted by Gasteiger charge is 2.43. The second-order valence-electron chi connectivity index (χ2n) is 5.96. The van der Waals surface area contributed by atoms with Crippen molar-refractivity contribution in [2.24, 2.45) is 0 Å². The van der Waals surface area contributed by atoms with Crippen LogP contribution < -0.4 is 9.47 Å². The molecule has 1 fully saturated rings. The summed E-state index contributed by atoms with van der Waals surface area (Å²) in [5, 5.41) is 10.1. The zero-order valence-corrected chi connectivity index (χ0v) is 15.5. The van der Waals surface area contributed by atoms with Gasteiger partial charge in [0.05, 0.1) is 20.3 Å². The second kappa shape index (κ2) is 7.79. The Bertz CT molecular complexity index is 854. The summed E-state index contributed by atoms with van der Waals surface area (Å²) in [5.74, 6) is -1.49. The molecule has 0 radical (unpaired) electrons. The number of ether oxygens (including phenoxy) is 2. The number of halogens is 1. The van der Waals surface area contributed by atoms with Crippen molar-refractivity contribution in [1.82, 2.24) is 14.9 Å². The van der Waals surface area contributed by atoms with E-state index in [1.165, 1.54) is 25.2 Å². The molecule has 2 aromatic rings. The van der Waals surface area contributed by atoms with Crippen LogP contribution >= 0.6 is 11.6 Å². The number of carbonyl (C=O) groups is 2. The number of nitrogens with zero attached hydrogens (tertiary/aromatic N) is 3. The highest BCUT2D eigenvalue weighted by Crippen LogP contribution is 2.40. The lowest BCUT2D eigenvalue weighted by Crippen LogP contribution is -2.42. The molecule has 0 aliphatic carbocycles. The van der Waals surface area contributed by atoms with Crippen LogP contribution in [-0.4, -0.2) is 52.1 Å². The Labute approximate surface area is 160 Å². The summed E-state index contributed by atoms with van der Waals surface area (Å²) in [4.78, 5) is 34.3. The molecule has 0 spiro atoms. The fourth-order valence-corrected chi connectivity index (χ4v) is 3.49. The zero-order valence-electron chi connectivity index (χ0n) is 14.8. The van der Waals surface area contributed by atoms with E-state index in [4.69, 9.17) is 21.1 Å². The molecule has 1 aromatic heterocycles. The molecular weight excluding hydrogens is 374 g/mol. The van der Waals surface area contributed by atoms with Crippen LogP contribution in [0, 0.1) is 0 Å². The third kappa shape index (κ3) is 3.66. The first-order chi connectivity index (χ1) is 13.0. The molecule has 0 unspecified atom stereocenters. The van der Waals surface area contributed by atoms with Gasteiger partial charge in [-0.1, -0.05) is 29.8 Å². The number of carboxylic acids is 1. The molecule has 0 saturated carbocycles. The SMILES string of the molecule is COc1cc(C(=O)N2[C@@H](c3ccccc3Cl)CC[C@H]2C(=O)O)nc(OC)n1. The van der Waals surface area contributed by atoms with Crippen LogP contribution in [0.15, 0.2) is 30.3 Å². The summed E-state index contributed by atoms with van der Waals surface area (Å²) in [6, 6.07) is 6.94. The van der Waals surface area contributed by atoms with E-state index in [0.717, 1.165) is 0 Å². The molecule has 3 rings (SSSR count). The average Bonchev–Trinajstić information content (AvgIpc) is 3.12. The van der Waals surface area contributed by atoms with Gasteiger partial charge in [-0.3, -0.25) is 4.79 Å². The third-order valence-corrected chi connectivity index (χ3v) is 4.81. The largest absolute Gasteiger partial charge is 0.481 e. The number of carboxylic acid groups (broad SMARTS) is 1. The maximum absolute atomic E-state index is 13.2. The van der Waals surface area contributed by atoms with E-state index in [-0.39, 0.29) is 17.6 Å². The molecule has 1 aliphatic rings. The van der Waals surface area contributed by atoms with Crippen molar-refractivity contribution in [1.29, 1.82) is 0 Å². The lowest BCUT2D eigenvalue weighted by atomic mass is 10.0. The van der Waals surface area contributed by atoms with Gasteiger partial charge in [0.2, 0.25) is 5.88 Å². The van der Waals surface area contributed by atoms with Gasteiger partial charge in [-0.25, -0.2) is 4.79 Å². The van der Waals surface area contributed by atoms with Crippen LogP contribution in [0.25, 0.3) is 0 Å². The van der Waals surface area contributed by atoms with Crippen LogP contribution in [0.2, 0.25) is 5.02 Å². The van der Waals surface area contributed by atoms with Gasteiger partial charge in [-0.05, 0) is 24.5 Å². The fourth-order valence-electron chi connectivity index (χ4n) is 3.23. The van der Waals surface area contributed by atoms with Crippen molar-refractivity contribution in [3.63, 3.8) is 0 Å². The summed E-state index contributed by atoms with van der Waals surface area (Å²) in [6.45, 7) is 0. The van der Waals surface area contributed by atoms with Crippen molar-refractivity contribution < 1.29 is 24.2 Å². The third-order valence-electron chi connectivity index (χ3n) is 4.46. The lowest BCUT2D eigenvalue weighted by Gasteiger charge is -2.29. The summed E-state index contributed by atoms with van der Waals surface area (Å²) in [6.07, 6.45) is 0.794. The molecule has 2 atom stereocenters. The summed E-state index contributed by atoms with van der Waals surface area (Å²) < 4.78 is 10.1. The number of carbonyl (C=O) groups excluding carboxylic acids is 1. The van der Waals surface area contributed by atoms with E-state index in [1.807, 2.05) is 0 Å². The van der Waals surface area contributed by atoms with Crippen molar-refractivity contribution >= 4 is 23.5 Å². The minimum Gasteiger partial charge on any atom is -0.481 e. The molecule has 142 valence electrons. The number of benzene rings is 1. The summed E-state index contributed by atoms with van der Waals surface area (Å²) >= 11 is 6.29. The molecule has 9 heteroatoms. The number of amides is 1. The Morgan fingerprint density at radius 2 is 1.93 bits per heavy atom. The van der Waals surface area contributed by atoms with Crippen LogP contribution in [0.5, 0.6) is 11.9 Å². The number of aromatic nitrogens is 2. The first-order valence-electron chi connectivity index (χ1n) is 8.23. The minimum absolute atomic E-state index is 0.0103. The van der Waals surface area contributed by atoms with Gasteiger partial charge >= 0.3 is 12.0 Å². The zero-order chi connectivity index (χ0) is 19.6. The average molecular weight is 392 g/mol. The Morgan fingerprint density at radius 1 is 1.19 bits per heavy atom. The Hall–Kier alpha value is -2.87. The Morgan fingerprint density at radius 3 is 2.56 bits per heavy atom. The number of methoxy groups -OCH3 is 2. The standard InChI is InChI=1S/C18H18ClN3O5/c1-26-15-9-12(20-18(21-15)27-2)16(23)22-13(7-8-14(22)17(24)25)10-5-3-4-6-11(10)19/h3-6,9,13-14H,7-8H2,1-2H3,(H,24,25)/t13-,14+/m1/s1. The van der Waals surface area contributed by atoms with Crippen LogP contribution in [-0.2, 0) is 4.79 Å².